The Morgan fingerprint density at radius 2 is 2.38 bits per heavy atom. The van der Waals surface area contributed by atoms with E-state index in [-0.39, 0.29) is 0 Å². The van der Waals surface area contributed by atoms with E-state index in [0.717, 1.165) is 6.42 Å². The van der Waals surface area contributed by atoms with Gasteiger partial charge in [-0.3, -0.25) is 0 Å². The molecule has 0 aromatic rings. The van der Waals surface area contributed by atoms with Crippen molar-refractivity contribution in [2.75, 3.05) is 0 Å². The van der Waals surface area contributed by atoms with Gasteiger partial charge in [0, 0.05) is 6.42 Å². The number of hydrogen-bond donors (Lipinski definition) is 1. The van der Waals surface area contributed by atoms with E-state index >= 15 is 0 Å². The van der Waals surface area contributed by atoms with E-state index < -0.39 is 0 Å². The fraction of sp³-hybridized carbons (Fsp3) is 0.429. The molecule has 0 amide bonds. The van der Waals surface area contributed by atoms with Gasteiger partial charge in [0.2, 0.25) is 0 Å². The molecule has 0 aliphatic rings. The van der Waals surface area contributed by atoms with Gasteiger partial charge in [0.25, 0.3) is 0 Å². The first-order valence-electron chi connectivity index (χ1n) is 2.80. The summed E-state index contributed by atoms with van der Waals surface area (Å²) in [5.74, 6) is 0.449. The van der Waals surface area contributed by atoms with Crippen LogP contribution in [-0.4, -0.2) is 5.11 Å². The van der Waals surface area contributed by atoms with Crippen molar-refractivity contribution in [3.8, 4) is 0 Å². The SMILES string of the molecule is C=CCC=C(O)CC. The Balaban J connectivity index is 3.40. The largest absolute Gasteiger partial charge is 0.513 e. The molecule has 0 heterocycles. The first kappa shape index (κ1) is 7.28. The zero-order valence-electron chi connectivity index (χ0n) is 5.22. The third kappa shape index (κ3) is 3.47. The van der Waals surface area contributed by atoms with Crippen LogP contribution >= 0.6 is 0 Å². The molecule has 0 unspecified atom stereocenters. The second-order valence-electron chi connectivity index (χ2n) is 1.57. The summed E-state index contributed by atoms with van der Waals surface area (Å²) in [6.45, 7) is 5.42. The molecular formula is C7H12O. The molecule has 0 radical (unpaired) electrons. The van der Waals surface area contributed by atoms with Crippen LogP contribution in [-0.2, 0) is 0 Å². The van der Waals surface area contributed by atoms with E-state index in [0.29, 0.717) is 12.2 Å². The third-order valence-corrected chi connectivity index (χ3v) is 0.882. The summed E-state index contributed by atoms with van der Waals surface area (Å²) in [5.41, 5.74) is 0. The predicted molar refractivity (Wildman–Crippen MR) is 35.8 cm³/mol. The lowest BCUT2D eigenvalue weighted by atomic mass is 10.3. The normalized spacial score (nSPS) is 11.4. The zero-order valence-corrected chi connectivity index (χ0v) is 5.22. The average molecular weight is 112 g/mol. The number of aliphatic hydroxyl groups is 1. The lowest BCUT2D eigenvalue weighted by Crippen LogP contribution is -1.73. The average Bonchev–Trinajstić information content (AvgIpc) is 1.83. The highest BCUT2D eigenvalue weighted by atomic mass is 16.3. The van der Waals surface area contributed by atoms with Crippen LogP contribution in [0.15, 0.2) is 24.5 Å². The van der Waals surface area contributed by atoms with Gasteiger partial charge in [-0.15, -0.1) is 6.58 Å². The van der Waals surface area contributed by atoms with Gasteiger partial charge in [0.15, 0.2) is 0 Å². The molecule has 0 saturated heterocycles. The minimum atomic E-state index is 0.449. The van der Waals surface area contributed by atoms with Gasteiger partial charge in [-0.2, -0.15) is 0 Å². The predicted octanol–water partition coefficient (Wildman–Crippen LogP) is 2.41. The number of rotatable bonds is 3. The van der Waals surface area contributed by atoms with Crippen LogP contribution in [0.5, 0.6) is 0 Å². The molecule has 0 bridgehead atoms. The molecule has 8 heavy (non-hydrogen) atoms. The van der Waals surface area contributed by atoms with Crippen LogP contribution < -0.4 is 0 Å². The molecule has 0 aliphatic carbocycles. The van der Waals surface area contributed by atoms with E-state index in [9.17, 15) is 0 Å². The van der Waals surface area contributed by atoms with Crippen molar-refractivity contribution in [2.45, 2.75) is 19.8 Å². The van der Waals surface area contributed by atoms with Gasteiger partial charge in [-0.1, -0.05) is 13.0 Å². The second kappa shape index (κ2) is 4.44. The fourth-order valence-electron chi connectivity index (χ4n) is 0.364. The quantitative estimate of drug-likeness (QED) is 0.439. The molecule has 0 aromatic heterocycles. The van der Waals surface area contributed by atoms with Crippen molar-refractivity contribution < 1.29 is 5.11 Å². The first-order valence-corrected chi connectivity index (χ1v) is 2.80. The Morgan fingerprint density at radius 3 is 2.75 bits per heavy atom. The molecule has 0 saturated carbocycles. The zero-order chi connectivity index (χ0) is 6.41. The summed E-state index contributed by atoms with van der Waals surface area (Å²) in [4.78, 5) is 0. The molecule has 0 fully saturated rings. The van der Waals surface area contributed by atoms with Gasteiger partial charge < -0.3 is 5.11 Å². The maximum Gasteiger partial charge on any atom is 0.0883 e. The Morgan fingerprint density at radius 1 is 1.75 bits per heavy atom. The Labute approximate surface area is 50.3 Å². The van der Waals surface area contributed by atoms with Crippen LogP contribution in [0, 0.1) is 0 Å². The molecule has 1 N–H and O–H groups in total. The van der Waals surface area contributed by atoms with Crippen LogP contribution in [0.3, 0.4) is 0 Å². The van der Waals surface area contributed by atoms with Gasteiger partial charge in [-0.05, 0) is 12.5 Å². The minimum absolute atomic E-state index is 0.449. The van der Waals surface area contributed by atoms with E-state index in [1.807, 2.05) is 6.92 Å². The van der Waals surface area contributed by atoms with E-state index in [1.54, 1.807) is 12.2 Å². The third-order valence-electron chi connectivity index (χ3n) is 0.882. The van der Waals surface area contributed by atoms with Crippen molar-refractivity contribution in [1.82, 2.24) is 0 Å². The minimum Gasteiger partial charge on any atom is -0.513 e. The summed E-state index contributed by atoms with van der Waals surface area (Å²) in [6, 6.07) is 0. The first-order chi connectivity index (χ1) is 3.81. The van der Waals surface area contributed by atoms with Crippen molar-refractivity contribution in [1.29, 1.82) is 0 Å². The van der Waals surface area contributed by atoms with E-state index in [4.69, 9.17) is 5.11 Å². The number of aliphatic hydroxyl groups excluding tert-OH is 1. The highest BCUT2D eigenvalue weighted by molar-refractivity contribution is 4.93. The summed E-state index contributed by atoms with van der Waals surface area (Å²) in [6.07, 6.45) is 4.99. The standard InChI is InChI=1S/C7H12O/c1-3-5-6-7(8)4-2/h3,6,8H,1,4-5H2,2H3. The lowest BCUT2D eigenvalue weighted by Gasteiger charge is -1.88. The second-order valence-corrected chi connectivity index (χ2v) is 1.57. The fourth-order valence-corrected chi connectivity index (χ4v) is 0.364. The molecular weight excluding hydrogens is 100 g/mol. The Hall–Kier alpha value is -0.720. The van der Waals surface area contributed by atoms with Crippen molar-refractivity contribution in [3.05, 3.63) is 24.5 Å². The van der Waals surface area contributed by atoms with Crippen LogP contribution in [0.25, 0.3) is 0 Å². The van der Waals surface area contributed by atoms with Gasteiger partial charge in [0.1, 0.15) is 0 Å². The molecule has 46 valence electrons. The Bertz CT molecular complexity index is 92.6. The summed E-state index contributed by atoms with van der Waals surface area (Å²) < 4.78 is 0. The molecule has 0 aromatic carbocycles. The molecule has 1 heteroatoms. The lowest BCUT2D eigenvalue weighted by molar-refractivity contribution is 0.392. The molecule has 0 aliphatic heterocycles. The van der Waals surface area contributed by atoms with Gasteiger partial charge >= 0.3 is 0 Å². The maximum absolute atomic E-state index is 8.80. The van der Waals surface area contributed by atoms with Gasteiger partial charge in [0.05, 0.1) is 5.76 Å². The molecule has 1 nitrogen and oxygen atoms in total. The van der Waals surface area contributed by atoms with E-state index in [2.05, 4.69) is 6.58 Å². The molecule has 0 atom stereocenters. The van der Waals surface area contributed by atoms with Crippen LogP contribution in [0.1, 0.15) is 19.8 Å². The topological polar surface area (TPSA) is 20.2 Å². The highest BCUT2D eigenvalue weighted by Crippen LogP contribution is 1.95. The molecule has 0 rings (SSSR count). The maximum atomic E-state index is 8.80. The molecule has 0 spiro atoms. The highest BCUT2D eigenvalue weighted by Gasteiger charge is 1.81. The van der Waals surface area contributed by atoms with Crippen molar-refractivity contribution in [2.24, 2.45) is 0 Å². The summed E-state index contributed by atoms with van der Waals surface area (Å²) >= 11 is 0. The van der Waals surface area contributed by atoms with E-state index in [1.165, 1.54) is 0 Å². The van der Waals surface area contributed by atoms with Gasteiger partial charge in [-0.25, -0.2) is 0 Å². The van der Waals surface area contributed by atoms with Crippen molar-refractivity contribution >= 4 is 0 Å². The smallest absolute Gasteiger partial charge is 0.0883 e. The van der Waals surface area contributed by atoms with Crippen molar-refractivity contribution in [3.63, 3.8) is 0 Å². The summed E-state index contributed by atoms with van der Waals surface area (Å²) in [5, 5.41) is 8.80. The summed E-state index contributed by atoms with van der Waals surface area (Å²) in [7, 11) is 0. The van der Waals surface area contributed by atoms with Crippen LogP contribution in [0.2, 0.25) is 0 Å². The number of hydrogen-bond acceptors (Lipinski definition) is 1. The monoisotopic (exact) mass is 112 g/mol. The number of allylic oxidation sites excluding steroid dienone is 3. The van der Waals surface area contributed by atoms with Crippen LogP contribution in [0.4, 0.5) is 0 Å². The Kier molecular flexibility index (Phi) is 4.04.